The molecule has 0 aliphatic rings. The van der Waals surface area contributed by atoms with Crippen LogP contribution in [-0.2, 0) is 6.61 Å². The number of methoxy groups -OCH3 is 1. The molecule has 4 rings (SSSR count). The van der Waals surface area contributed by atoms with Crippen molar-refractivity contribution in [1.82, 2.24) is 4.98 Å². The van der Waals surface area contributed by atoms with Crippen molar-refractivity contribution in [1.29, 1.82) is 0 Å². The van der Waals surface area contributed by atoms with E-state index in [1.807, 2.05) is 73.7 Å². The molecule has 6 nitrogen and oxygen atoms in total. The summed E-state index contributed by atoms with van der Waals surface area (Å²) in [6.45, 7) is 2.17. The van der Waals surface area contributed by atoms with Gasteiger partial charge in [0.2, 0.25) is 0 Å². The number of anilines is 2. The Balaban J connectivity index is 0.00000289. The maximum atomic E-state index is 13.0. The molecule has 1 heterocycles. The zero-order chi connectivity index (χ0) is 21.8. The molecule has 0 spiro atoms. The smallest absolute Gasteiger partial charge is 0.256 e. The van der Waals surface area contributed by atoms with Crippen LogP contribution in [0.25, 0.3) is 10.9 Å². The molecule has 32 heavy (non-hydrogen) atoms. The first-order chi connectivity index (χ1) is 15.0. The van der Waals surface area contributed by atoms with Gasteiger partial charge in [-0.1, -0.05) is 18.2 Å². The van der Waals surface area contributed by atoms with Gasteiger partial charge in [-0.15, -0.1) is 12.4 Å². The van der Waals surface area contributed by atoms with E-state index in [0.717, 1.165) is 27.9 Å². The number of nitrogens with one attached hydrogen (secondary N) is 1. The van der Waals surface area contributed by atoms with Crippen LogP contribution in [0, 0.1) is 6.92 Å². The van der Waals surface area contributed by atoms with Crippen LogP contribution in [0.3, 0.4) is 0 Å². The van der Waals surface area contributed by atoms with Crippen LogP contribution in [0.15, 0.2) is 72.8 Å². The Kier molecular flexibility index (Phi) is 7.18. The van der Waals surface area contributed by atoms with E-state index in [1.165, 1.54) is 0 Å². The summed E-state index contributed by atoms with van der Waals surface area (Å²) in [5.74, 6) is 1.24. The number of benzene rings is 3. The van der Waals surface area contributed by atoms with E-state index in [2.05, 4.69) is 10.3 Å². The molecule has 0 radical (unpaired) electrons. The Labute approximate surface area is 192 Å². The van der Waals surface area contributed by atoms with Gasteiger partial charge in [-0.2, -0.15) is 0 Å². The summed E-state index contributed by atoms with van der Waals surface area (Å²) in [7, 11) is 1.62. The summed E-state index contributed by atoms with van der Waals surface area (Å²) < 4.78 is 11.0. The molecule has 0 saturated heterocycles. The van der Waals surface area contributed by atoms with Gasteiger partial charge in [0.25, 0.3) is 5.91 Å². The molecule has 1 aromatic heterocycles. The van der Waals surface area contributed by atoms with Gasteiger partial charge in [-0.25, -0.2) is 0 Å². The van der Waals surface area contributed by atoms with E-state index in [0.29, 0.717) is 22.7 Å². The van der Waals surface area contributed by atoms with Crippen molar-refractivity contribution in [3.63, 3.8) is 0 Å². The SMILES string of the molecule is COc1ccc(OCc2ccccc2C(=O)Nc2ccc3nc(C)cc(N)c3c2)cc1.Cl. The number of amides is 1. The van der Waals surface area contributed by atoms with Gasteiger partial charge in [-0.05, 0) is 61.5 Å². The molecule has 7 heteroatoms. The Morgan fingerprint density at radius 2 is 1.72 bits per heavy atom. The molecule has 3 aromatic carbocycles. The van der Waals surface area contributed by atoms with E-state index in [1.54, 1.807) is 13.2 Å². The van der Waals surface area contributed by atoms with Crippen molar-refractivity contribution in [3.05, 3.63) is 89.6 Å². The average molecular weight is 450 g/mol. The molecule has 0 fully saturated rings. The van der Waals surface area contributed by atoms with Crippen LogP contribution < -0.4 is 20.5 Å². The summed E-state index contributed by atoms with van der Waals surface area (Å²) >= 11 is 0. The van der Waals surface area contributed by atoms with Crippen molar-refractivity contribution >= 4 is 40.6 Å². The van der Waals surface area contributed by atoms with Crippen molar-refractivity contribution in [2.45, 2.75) is 13.5 Å². The standard InChI is InChI=1S/C25H23N3O3.ClH/c1-16-13-23(26)22-14-18(7-12-24(22)27-16)28-25(29)21-6-4-3-5-17(21)15-31-20-10-8-19(30-2)9-11-20;/h3-14H,15H2,1-2H3,(H2,26,27)(H,28,29);1H. The molecule has 4 aromatic rings. The average Bonchev–Trinajstić information content (AvgIpc) is 2.78. The van der Waals surface area contributed by atoms with Crippen LogP contribution in [-0.4, -0.2) is 18.0 Å². The summed E-state index contributed by atoms with van der Waals surface area (Å²) in [4.78, 5) is 17.5. The number of ether oxygens (including phenoxy) is 2. The highest BCUT2D eigenvalue weighted by Crippen LogP contribution is 2.25. The molecule has 0 unspecified atom stereocenters. The van der Waals surface area contributed by atoms with Crippen LogP contribution >= 0.6 is 12.4 Å². The van der Waals surface area contributed by atoms with Crippen molar-refractivity contribution in [2.75, 3.05) is 18.2 Å². The van der Waals surface area contributed by atoms with Gasteiger partial charge in [0.1, 0.15) is 18.1 Å². The fourth-order valence-corrected chi connectivity index (χ4v) is 3.37. The first kappa shape index (κ1) is 22.9. The quantitative estimate of drug-likeness (QED) is 0.412. The van der Waals surface area contributed by atoms with Crippen LogP contribution in [0.2, 0.25) is 0 Å². The van der Waals surface area contributed by atoms with Crippen molar-refractivity contribution in [3.8, 4) is 11.5 Å². The summed E-state index contributed by atoms with van der Waals surface area (Å²) in [5.41, 5.74) is 10.4. The van der Waals surface area contributed by atoms with Gasteiger partial charge < -0.3 is 20.5 Å². The van der Waals surface area contributed by atoms with Gasteiger partial charge in [0, 0.05) is 33.6 Å². The van der Waals surface area contributed by atoms with Gasteiger partial charge in [0.05, 0.1) is 12.6 Å². The maximum absolute atomic E-state index is 13.0. The number of aromatic nitrogens is 1. The number of nitrogen functional groups attached to an aromatic ring is 1. The molecule has 0 atom stereocenters. The van der Waals surface area contributed by atoms with Crippen molar-refractivity contribution < 1.29 is 14.3 Å². The maximum Gasteiger partial charge on any atom is 0.256 e. The van der Waals surface area contributed by atoms with Gasteiger partial charge in [0.15, 0.2) is 0 Å². The molecule has 164 valence electrons. The summed E-state index contributed by atoms with van der Waals surface area (Å²) in [6.07, 6.45) is 0. The van der Waals surface area contributed by atoms with Crippen molar-refractivity contribution in [2.24, 2.45) is 0 Å². The minimum absolute atomic E-state index is 0. The second-order valence-electron chi connectivity index (χ2n) is 7.16. The Bertz CT molecular complexity index is 1240. The third-order valence-corrected chi connectivity index (χ3v) is 4.94. The second-order valence-corrected chi connectivity index (χ2v) is 7.16. The number of hydrogen-bond acceptors (Lipinski definition) is 5. The van der Waals surface area contributed by atoms with E-state index in [9.17, 15) is 4.79 Å². The van der Waals surface area contributed by atoms with E-state index >= 15 is 0 Å². The highest BCUT2D eigenvalue weighted by atomic mass is 35.5. The topological polar surface area (TPSA) is 86.5 Å². The number of nitrogens with two attached hydrogens (primary N) is 1. The number of pyridine rings is 1. The first-order valence-corrected chi connectivity index (χ1v) is 9.86. The highest BCUT2D eigenvalue weighted by Gasteiger charge is 2.13. The number of aryl methyl sites for hydroxylation is 1. The largest absolute Gasteiger partial charge is 0.497 e. The van der Waals surface area contributed by atoms with Crippen LogP contribution in [0.5, 0.6) is 11.5 Å². The number of carbonyl (C=O) groups is 1. The second kappa shape index (κ2) is 10.0. The normalized spacial score (nSPS) is 10.3. The fourth-order valence-electron chi connectivity index (χ4n) is 3.37. The Morgan fingerprint density at radius 3 is 2.47 bits per heavy atom. The lowest BCUT2D eigenvalue weighted by Gasteiger charge is -2.12. The lowest BCUT2D eigenvalue weighted by Crippen LogP contribution is -2.15. The summed E-state index contributed by atoms with van der Waals surface area (Å²) in [6, 6.07) is 22.0. The van der Waals surface area contributed by atoms with E-state index in [4.69, 9.17) is 15.2 Å². The number of nitrogens with zero attached hydrogens (tertiary/aromatic N) is 1. The molecule has 1 amide bonds. The molecular formula is C25H24ClN3O3. The third-order valence-electron chi connectivity index (χ3n) is 4.94. The first-order valence-electron chi connectivity index (χ1n) is 9.86. The number of hydrogen-bond donors (Lipinski definition) is 2. The molecule has 0 saturated carbocycles. The zero-order valence-corrected chi connectivity index (χ0v) is 18.6. The molecule has 0 bridgehead atoms. The third kappa shape index (κ3) is 5.10. The number of rotatable bonds is 6. The zero-order valence-electron chi connectivity index (χ0n) is 17.8. The lowest BCUT2D eigenvalue weighted by molar-refractivity contribution is 0.102. The lowest BCUT2D eigenvalue weighted by atomic mass is 10.1. The molecular weight excluding hydrogens is 426 g/mol. The molecule has 0 aliphatic carbocycles. The van der Waals surface area contributed by atoms with E-state index < -0.39 is 0 Å². The number of fused-ring (bicyclic) bond motifs is 1. The fraction of sp³-hybridized carbons (Fsp3) is 0.120. The monoisotopic (exact) mass is 449 g/mol. The van der Waals surface area contributed by atoms with Crippen LogP contribution in [0.1, 0.15) is 21.6 Å². The van der Waals surface area contributed by atoms with Gasteiger partial charge in [-0.3, -0.25) is 9.78 Å². The predicted octanol–water partition coefficient (Wildman–Crippen LogP) is 5.39. The van der Waals surface area contributed by atoms with E-state index in [-0.39, 0.29) is 24.9 Å². The summed E-state index contributed by atoms with van der Waals surface area (Å²) in [5, 5.41) is 3.76. The minimum atomic E-state index is -0.216. The Hall–Kier alpha value is -3.77. The minimum Gasteiger partial charge on any atom is -0.497 e. The van der Waals surface area contributed by atoms with Crippen LogP contribution in [0.4, 0.5) is 11.4 Å². The van der Waals surface area contributed by atoms with Gasteiger partial charge >= 0.3 is 0 Å². The molecule has 0 aliphatic heterocycles. The number of carbonyl (C=O) groups excluding carboxylic acids is 1. The molecule has 3 N–H and O–H groups in total. The Morgan fingerprint density at radius 1 is 1.00 bits per heavy atom. The number of halogens is 1. The highest BCUT2D eigenvalue weighted by molar-refractivity contribution is 6.06. The predicted molar refractivity (Wildman–Crippen MR) is 130 cm³/mol.